The summed E-state index contributed by atoms with van der Waals surface area (Å²) in [5.74, 6) is -2.09. The molecular weight excluding hydrogens is 390 g/mol. The third-order valence-corrected chi connectivity index (χ3v) is 5.28. The molecule has 0 aromatic heterocycles. The van der Waals surface area contributed by atoms with Gasteiger partial charge in [-0.2, -0.15) is 0 Å². The Morgan fingerprint density at radius 3 is 2.53 bits per heavy atom. The van der Waals surface area contributed by atoms with Crippen molar-refractivity contribution in [2.45, 2.75) is 37.6 Å². The molecule has 0 amide bonds. The van der Waals surface area contributed by atoms with E-state index in [1.165, 1.54) is 26.4 Å². The van der Waals surface area contributed by atoms with Gasteiger partial charge >= 0.3 is 5.97 Å². The fourth-order valence-corrected chi connectivity index (χ4v) is 3.77. The average molecular weight is 417 g/mol. The van der Waals surface area contributed by atoms with Gasteiger partial charge < -0.3 is 19.3 Å². The molecule has 30 heavy (non-hydrogen) atoms. The molecule has 0 fully saturated rings. The van der Waals surface area contributed by atoms with Crippen molar-refractivity contribution in [3.8, 4) is 0 Å². The highest BCUT2D eigenvalue weighted by molar-refractivity contribution is 5.74. The van der Waals surface area contributed by atoms with Crippen molar-refractivity contribution in [3.63, 3.8) is 0 Å². The van der Waals surface area contributed by atoms with Crippen LogP contribution in [0.3, 0.4) is 0 Å². The Kier molecular flexibility index (Phi) is 7.30. The van der Waals surface area contributed by atoms with Gasteiger partial charge in [0.05, 0.1) is 18.0 Å². The summed E-state index contributed by atoms with van der Waals surface area (Å²) in [4.78, 5) is 22.2. The zero-order valence-electron chi connectivity index (χ0n) is 17.5. The zero-order valence-corrected chi connectivity index (χ0v) is 17.5. The normalized spacial score (nSPS) is 19.9. The second-order valence-corrected chi connectivity index (χ2v) is 7.02. The van der Waals surface area contributed by atoms with Crippen molar-refractivity contribution in [2.75, 3.05) is 20.8 Å². The first-order chi connectivity index (χ1) is 14.1. The molecule has 1 aromatic rings. The first kappa shape index (κ1) is 23.5. The number of methoxy groups -OCH3 is 2. The number of aryl methyl sites for hydroxylation is 1. The van der Waals surface area contributed by atoms with Crippen molar-refractivity contribution >= 4 is 11.5 Å². The Bertz CT molecular complexity index is 885. The lowest BCUT2D eigenvalue weighted by Crippen LogP contribution is -2.58. The summed E-state index contributed by atoms with van der Waals surface area (Å²) in [7, 11) is 2.82. The summed E-state index contributed by atoms with van der Waals surface area (Å²) < 4.78 is 16.3. The fraction of sp³-hybridized carbons (Fsp3) is 0.409. The minimum atomic E-state index is -1.61. The number of nitrogens with zero attached hydrogens (tertiary/aromatic N) is 1. The molecule has 0 spiro atoms. The molecule has 1 aliphatic carbocycles. The van der Waals surface area contributed by atoms with Gasteiger partial charge in [-0.05, 0) is 49.1 Å². The van der Waals surface area contributed by atoms with E-state index in [2.05, 4.69) is 13.2 Å². The molecule has 1 aromatic carbocycles. The predicted octanol–water partition coefficient (Wildman–Crippen LogP) is 3.12. The lowest BCUT2D eigenvalue weighted by Gasteiger charge is -2.48. The second kappa shape index (κ2) is 9.34. The number of fused-ring (bicyclic) bond motifs is 1. The van der Waals surface area contributed by atoms with E-state index in [-0.39, 0.29) is 25.1 Å². The lowest BCUT2D eigenvalue weighted by molar-refractivity contribution is -0.418. The van der Waals surface area contributed by atoms with Crippen LogP contribution in [0.2, 0.25) is 0 Å². The highest BCUT2D eigenvalue weighted by Crippen LogP contribution is 2.48. The van der Waals surface area contributed by atoms with Crippen LogP contribution in [0.25, 0.3) is 5.57 Å². The summed E-state index contributed by atoms with van der Waals surface area (Å²) in [5, 5.41) is 22.0. The zero-order chi connectivity index (χ0) is 22.5. The number of esters is 1. The van der Waals surface area contributed by atoms with Crippen LogP contribution in [-0.4, -0.2) is 42.4 Å². The van der Waals surface area contributed by atoms with Gasteiger partial charge in [0.2, 0.25) is 5.79 Å². The molecule has 162 valence electrons. The van der Waals surface area contributed by atoms with Crippen LogP contribution >= 0.6 is 0 Å². The number of ether oxygens (including phenoxy) is 3. The SMILES string of the molecule is C=C(/C=C\C(=C)[N+](=O)[O-])c1ccc2c(c1)CCC(O)(CC(=O)OCC)C2(OC)OC. The first-order valence-corrected chi connectivity index (χ1v) is 9.46. The minimum Gasteiger partial charge on any atom is -0.466 e. The molecule has 1 atom stereocenters. The van der Waals surface area contributed by atoms with Crippen LogP contribution in [0.5, 0.6) is 0 Å². The Morgan fingerprint density at radius 2 is 1.97 bits per heavy atom. The number of hydrogen-bond acceptors (Lipinski definition) is 7. The van der Waals surface area contributed by atoms with Gasteiger partial charge in [0.25, 0.3) is 5.70 Å². The van der Waals surface area contributed by atoms with Crippen molar-refractivity contribution < 1.29 is 29.0 Å². The molecule has 0 bridgehead atoms. The maximum atomic E-state index is 12.1. The van der Waals surface area contributed by atoms with Crippen LogP contribution in [0.1, 0.15) is 36.5 Å². The second-order valence-electron chi connectivity index (χ2n) is 7.02. The van der Waals surface area contributed by atoms with Crippen LogP contribution in [0.15, 0.2) is 49.2 Å². The molecule has 1 unspecified atom stereocenters. The van der Waals surface area contributed by atoms with E-state index in [1.807, 2.05) is 6.07 Å². The molecule has 8 nitrogen and oxygen atoms in total. The first-order valence-electron chi connectivity index (χ1n) is 9.46. The molecule has 0 radical (unpaired) electrons. The number of benzene rings is 1. The van der Waals surface area contributed by atoms with Crippen LogP contribution in [0, 0.1) is 10.1 Å². The van der Waals surface area contributed by atoms with Crippen LogP contribution in [0.4, 0.5) is 0 Å². The van der Waals surface area contributed by atoms with Gasteiger partial charge in [-0.1, -0.05) is 24.8 Å². The monoisotopic (exact) mass is 417 g/mol. The average Bonchev–Trinajstić information content (AvgIpc) is 2.71. The van der Waals surface area contributed by atoms with Crippen LogP contribution < -0.4 is 0 Å². The largest absolute Gasteiger partial charge is 0.466 e. The number of aliphatic hydroxyl groups is 1. The van der Waals surface area contributed by atoms with Crippen molar-refractivity contribution in [1.82, 2.24) is 0 Å². The molecule has 0 saturated carbocycles. The Balaban J connectivity index is 2.41. The predicted molar refractivity (Wildman–Crippen MR) is 111 cm³/mol. The van der Waals surface area contributed by atoms with E-state index in [9.17, 15) is 20.0 Å². The maximum Gasteiger partial charge on any atom is 0.308 e. The molecule has 0 heterocycles. The maximum absolute atomic E-state index is 12.1. The molecule has 2 rings (SSSR count). The molecule has 1 aliphatic rings. The van der Waals surface area contributed by atoms with Crippen molar-refractivity contribution in [2.24, 2.45) is 0 Å². The fourth-order valence-electron chi connectivity index (χ4n) is 3.77. The highest BCUT2D eigenvalue weighted by atomic mass is 16.7. The number of carbonyl (C=O) groups excluding carboxylic acids is 1. The summed E-state index contributed by atoms with van der Waals surface area (Å²) in [5.41, 5.74) is 0.910. The smallest absolute Gasteiger partial charge is 0.308 e. The Morgan fingerprint density at radius 1 is 1.30 bits per heavy atom. The van der Waals surface area contributed by atoms with Gasteiger partial charge in [0.1, 0.15) is 5.60 Å². The molecule has 8 heteroatoms. The highest BCUT2D eigenvalue weighted by Gasteiger charge is 2.57. The lowest BCUT2D eigenvalue weighted by atomic mass is 9.72. The van der Waals surface area contributed by atoms with Gasteiger partial charge in [-0.15, -0.1) is 0 Å². The van der Waals surface area contributed by atoms with Crippen LogP contribution in [-0.2, 0) is 31.2 Å². The number of rotatable bonds is 9. The Labute approximate surface area is 175 Å². The topological polar surface area (TPSA) is 108 Å². The summed E-state index contributed by atoms with van der Waals surface area (Å²) in [6, 6.07) is 5.37. The minimum absolute atomic E-state index is 0.209. The number of nitro groups is 1. The molecule has 0 aliphatic heterocycles. The summed E-state index contributed by atoms with van der Waals surface area (Å²) >= 11 is 0. The quantitative estimate of drug-likeness (QED) is 0.216. The number of hydrogen-bond donors (Lipinski definition) is 1. The van der Waals surface area contributed by atoms with E-state index < -0.39 is 22.3 Å². The number of carbonyl (C=O) groups is 1. The van der Waals surface area contributed by atoms with E-state index in [0.717, 1.165) is 11.1 Å². The van der Waals surface area contributed by atoms with E-state index in [1.54, 1.807) is 19.1 Å². The Hall–Kier alpha value is -2.81. The summed E-state index contributed by atoms with van der Waals surface area (Å²) in [6.45, 7) is 9.21. The third-order valence-electron chi connectivity index (χ3n) is 5.28. The van der Waals surface area contributed by atoms with Gasteiger partial charge in [0, 0.05) is 25.9 Å². The van der Waals surface area contributed by atoms with Gasteiger partial charge in [-0.3, -0.25) is 14.9 Å². The van der Waals surface area contributed by atoms with Crippen molar-refractivity contribution in [1.29, 1.82) is 0 Å². The summed E-state index contributed by atoms with van der Waals surface area (Å²) in [6.07, 6.45) is 3.21. The molecular formula is C22H27NO7. The molecule has 1 N–H and O–H groups in total. The van der Waals surface area contributed by atoms with Gasteiger partial charge in [0.15, 0.2) is 0 Å². The van der Waals surface area contributed by atoms with Gasteiger partial charge in [-0.25, -0.2) is 0 Å². The number of allylic oxidation sites excluding steroid dienone is 3. The van der Waals surface area contributed by atoms with E-state index >= 15 is 0 Å². The van der Waals surface area contributed by atoms with Crippen molar-refractivity contribution in [3.05, 3.63) is 76.0 Å². The standard InChI is InChI=1S/C22H27NO7/c1-6-30-20(24)14-21(25)12-11-18-13-17(15(2)7-8-16(3)23(26)27)9-10-19(18)22(21,28-4)29-5/h7-10,13,25H,2-3,6,11-12,14H2,1,4-5H3/b8-7-. The van der Waals surface area contributed by atoms with E-state index in [4.69, 9.17) is 14.2 Å². The third kappa shape index (κ3) is 4.35. The molecule has 0 saturated heterocycles. The van der Waals surface area contributed by atoms with E-state index in [0.29, 0.717) is 17.6 Å².